The molecule has 2 heterocycles. The molecule has 2 heteroatoms. The van der Waals surface area contributed by atoms with Crippen LogP contribution in [0.4, 0.5) is 0 Å². The lowest BCUT2D eigenvalue weighted by Crippen LogP contribution is -2.62. The molecular weight excluding hydrogens is 138 g/mol. The van der Waals surface area contributed by atoms with E-state index in [0.717, 1.165) is 12.0 Å². The highest BCUT2D eigenvalue weighted by Gasteiger charge is 2.47. The predicted octanol–water partition coefficient (Wildman–Crippen LogP) is 0.508. The molecule has 62 valence electrons. The fourth-order valence-corrected chi connectivity index (χ4v) is 3.39. The van der Waals surface area contributed by atoms with E-state index in [0.29, 0.717) is 12.0 Å². The monoisotopic (exact) mass is 153 g/mol. The minimum absolute atomic E-state index is 0.0252. The second-order valence-electron chi connectivity index (χ2n) is 4.53. The van der Waals surface area contributed by atoms with Gasteiger partial charge in [-0.25, -0.2) is 0 Å². The fraction of sp³-hybridized carbons (Fsp3) is 1.00. The van der Waals surface area contributed by atoms with Crippen molar-refractivity contribution < 1.29 is 5.11 Å². The summed E-state index contributed by atoms with van der Waals surface area (Å²) in [5.41, 5.74) is 0. The maximum absolute atomic E-state index is 9.76. The van der Waals surface area contributed by atoms with Gasteiger partial charge in [0.25, 0.3) is 0 Å². The Labute approximate surface area is 67.0 Å². The van der Waals surface area contributed by atoms with Crippen LogP contribution in [0, 0.1) is 11.8 Å². The zero-order chi connectivity index (χ0) is 7.42. The van der Waals surface area contributed by atoms with E-state index in [2.05, 4.69) is 5.32 Å². The van der Waals surface area contributed by atoms with Crippen LogP contribution in [0.5, 0.6) is 0 Å². The summed E-state index contributed by atoms with van der Waals surface area (Å²) in [6, 6.07) is 1.20. The van der Waals surface area contributed by atoms with Crippen molar-refractivity contribution in [2.45, 2.75) is 43.9 Å². The lowest BCUT2D eigenvalue weighted by molar-refractivity contribution is -0.0592. The summed E-state index contributed by atoms with van der Waals surface area (Å²) in [6.45, 7) is 0. The topological polar surface area (TPSA) is 32.3 Å². The Balaban J connectivity index is 1.91. The summed E-state index contributed by atoms with van der Waals surface area (Å²) >= 11 is 0. The van der Waals surface area contributed by atoms with Gasteiger partial charge in [-0.3, -0.25) is 0 Å². The number of nitrogens with one attached hydrogen (secondary N) is 1. The third-order valence-corrected chi connectivity index (χ3v) is 3.77. The molecule has 0 amide bonds. The summed E-state index contributed by atoms with van der Waals surface area (Å²) < 4.78 is 0. The van der Waals surface area contributed by atoms with Crippen molar-refractivity contribution >= 4 is 0 Å². The van der Waals surface area contributed by atoms with E-state index in [1.54, 1.807) is 0 Å². The van der Waals surface area contributed by atoms with Crippen LogP contribution in [0.15, 0.2) is 0 Å². The Hall–Kier alpha value is -0.0800. The molecule has 5 atom stereocenters. The molecule has 2 N–H and O–H groups in total. The van der Waals surface area contributed by atoms with Gasteiger partial charge in [0.2, 0.25) is 0 Å². The summed E-state index contributed by atoms with van der Waals surface area (Å²) in [7, 11) is 0. The highest BCUT2D eigenvalue weighted by Crippen LogP contribution is 2.44. The normalized spacial score (nSPS) is 60.3. The van der Waals surface area contributed by atoms with Gasteiger partial charge in [0.15, 0.2) is 0 Å². The standard InChI is InChI=1S/C9H15NO/c11-9-6-1-5-2-7(4-6)10-8(9)3-5/h5-11H,1-4H2/t5-,6+,7?,8+,9+/m1/s1. The third-order valence-electron chi connectivity index (χ3n) is 3.77. The zero-order valence-corrected chi connectivity index (χ0v) is 6.66. The molecule has 4 rings (SSSR count). The van der Waals surface area contributed by atoms with Gasteiger partial charge >= 0.3 is 0 Å². The quantitative estimate of drug-likeness (QED) is 0.531. The molecular formula is C9H15NO. The molecule has 2 aliphatic heterocycles. The third kappa shape index (κ3) is 0.798. The van der Waals surface area contributed by atoms with Gasteiger partial charge in [0, 0.05) is 12.1 Å². The van der Waals surface area contributed by atoms with Crippen molar-refractivity contribution in [3.05, 3.63) is 0 Å². The molecule has 2 saturated heterocycles. The van der Waals surface area contributed by atoms with Crippen molar-refractivity contribution in [3.8, 4) is 0 Å². The summed E-state index contributed by atoms with van der Waals surface area (Å²) in [5.74, 6) is 1.58. The Bertz CT molecular complexity index is 152. The predicted molar refractivity (Wildman–Crippen MR) is 42.2 cm³/mol. The Morgan fingerprint density at radius 3 is 2.73 bits per heavy atom. The molecule has 0 aromatic heterocycles. The molecule has 0 aromatic carbocycles. The maximum Gasteiger partial charge on any atom is 0.0722 e. The van der Waals surface area contributed by atoms with Crippen molar-refractivity contribution in [1.82, 2.24) is 5.32 Å². The molecule has 11 heavy (non-hydrogen) atoms. The lowest BCUT2D eigenvalue weighted by Gasteiger charge is -2.53. The maximum atomic E-state index is 9.76. The second kappa shape index (κ2) is 1.99. The van der Waals surface area contributed by atoms with Crippen LogP contribution in [0.2, 0.25) is 0 Å². The van der Waals surface area contributed by atoms with E-state index < -0.39 is 0 Å². The number of rotatable bonds is 0. The minimum Gasteiger partial charge on any atom is -0.391 e. The van der Waals surface area contributed by atoms with E-state index in [9.17, 15) is 5.11 Å². The largest absolute Gasteiger partial charge is 0.391 e. The first-order valence-corrected chi connectivity index (χ1v) is 4.77. The first-order valence-electron chi connectivity index (χ1n) is 4.77. The van der Waals surface area contributed by atoms with Crippen LogP contribution in [-0.2, 0) is 0 Å². The van der Waals surface area contributed by atoms with Crippen molar-refractivity contribution in [2.24, 2.45) is 11.8 Å². The van der Waals surface area contributed by atoms with Crippen molar-refractivity contribution in [1.29, 1.82) is 0 Å². The van der Waals surface area contributed by atoms with E-state index in [1.807, 2.05) is 0 Å². The van der Waals surface area contributed by atoms with E-state index in [1.165, 1.54) is 25.7 Å². The molecule has 4 aliphatic rings. The highest BCUT2D eigenvalue weighted by molar-refractivity contribution is 5.03. The fourth-order valence-electron chi connectivity index (χ4n) is 3.39. The zero-order valence-electron chi connectivity index (χ0n) is 6.66. The SMILES string of the molecule is O[C@H]1[C@@H]2CC3C[C@@H](C2)C[C@@H]1N3. The Kier molecular flexibility index (Phi) is 1.16. The van der Waals surface area contributed by atoms with Gasteiger partial charge in [-0.05, 0) is 37.5 Å². The van der Waals surface area contributed by atoms with Gasteiger partial charge in [-0.15, -0.1) is 0 Å². The first kappa shape index (κ1) is 6.44. The minimum atomic E-state index is -0.0252. The van der Waals surface area contributed by atoms with Gasteiger partial charge in [0.1, 0.15) is 0 Å². The summed E-state index contributed by atoms with van der Waals surface area (Å²) in [4.78, 5) is 0. The van der Waals surface area contributed by atoms with E-state index in [4.69, 9.17) is 0 Å². The second-order valence-corrected chi connectivity index (χ2v) is 4.53. The van der Waals surface area contributed by atoms with Crippen LogP contribution < -0.4 is 5.32 Å². The van der Waals surface area contributed by atoms with Crippen molar-refractivity contribution in [2.75, 3.05) is 0 Å². The van der Waals surface area contributed by atoms with Crippen LogP contribution in [0.3, 0.4) is 0 Å². The molecule has 4 fully saturated rings. The molecule has 4 bridgehead atoms. The van der Waals surface area contributed by atoms with E-state index >= 15 is 0 Å². The summed E-state index contributed by atoms with van der Waals surface area (Å²) in [5, 5.41) is 13.3. The number of aliphatic hydroxyl groups is 1. The van der Waals surface area contributed by atoms with Crippen LogP contribution in [0.1, 0.15) is 25.7 Å². The molecule has 1 unspecified atom stereocenters. The summed E-state index contributed by atoms with van der Waals surface area (Å²) in [6.07, 6.45) is 5.11. The highest BCUT2D eigenvalue weighted by atomic mass is 16.3. The van der Waals surface area contributed by atoms with Gasteiger partial charge in [0.05, 0.1) is 6.10 Å². The molecule has 0 spiro atoms. The smallest absolute Gasteiger partial charge is 0.0722 e. The molecule has 2 nitrogen and oxygen atoms in total. The average molecular weight is 153 g/mol. The molecule has 2 aliphatic carbocycles. The Morgan fingerprint density at radius 2 is 2.00 bits per heavy atom. The molecule has 0 aromatic rings. The van der Waals surface area contributed by atoms with Gasteiger partial charge in [-0.1, -0.05) is 0 Å². The van der Waals surface area contributed by atoms with Gasteiger partial charge in [-0.2, -0.15) is 0 Å². The number of hydrogen-bond donors (Lipinski definition) is 2. The van der Waals surface area contributed by atoms with Crippen LogP contribution in [-0.4, -0.2) is 23.3 Å². The molecule has 0 radical (unpaired) electrons. The van der Waals surface area contributed by atoms with Crippen molar-refractivity contribution in [3.63, 3.8) is 0 Å². The first-order chi connectivity index (χ1) is 5.33. The average Bonchev–Trinajstić information content (AvgIpc) is 1.98. The lowest BCUT2D eigenvalue weighted by atomic mass is 9.63. The van der Waals surface area contributed by atoms with Gasteiger partial charge < -0.3 is 10.4 Å². The number of aliphatic hydroxyl groups excluding tert-OH is 1. The Morgan fingerprint density at radius 1 is 1.09 bits per heavy atom. The number of hydrogen-bond acceptors (Lipinski definition) is 2. The van der Waals surface area contributed by atoms with E-state index in [-0.39, 0.29) is 6.10 Å². The van der Waals surface area contributed by atoms with Crippen LogP contribution in [0.25, 0.3) is 0 Å². The number of piperidine rings is 2. The molecule has 2 saturated carbocycles. The van der Waals surface area contributed by atoms with Crippen LogP contribution >= 0.6 is 0 Å².